The first-order valence-corrected chi connectivity index (χ1v) is 7.18. The minimum atomic E-state index is -0.181. The second-order valence-electron chi connectivity index (χ2n) is 4.47. The molecule has 0 atom stereocenters. The van der Waals surface area contributed by atoms with E-state index in [9.17, 15) is 4.79 Å². The van der Waals surface area contributed by atoms with Gasteiger partial charge in [0, 0.05) is 19.6 Å². The Kier molecular flexibility index (Phi) is 9.53. The molecule has 20 heavy (non-hydrogen) atoms. The van der Waals surface area contributed by atoms with Gasteiger partial charge in [0.2, 0.25) is 0 Å². The number of esters is 1. The lowest BCUT2D eigenvalue weighted by atomic mass is 10.2. The Bertz CT molecular complexity index is 351. The Morgan fingerprint density at radius 3 is 2.40 bits per heavy atom. The summed E-state index contributed by atoms with van der Waals surface area (Å²) >= 11 is 0. The van der Waals surface area contributed by atoms with E-state index in [-0.39, 0.29) is 5.97 Å². The first-order chi connectivity index (χ1) is 9.83. The molecule has 1 aromatic rings. The Hall–Kier alpha value is -1.39. The van der Waals surface area contributed by atoms with Crippen LogP contribution in [0.15, 0.2) is 30.3 Å². The minimum absolute atomic E-state index is 0.181. The van der Waals surface area contributed by atoms with Crippen molar-refractivity contribution in [1.29, 1.82) is 0 Å². The van der Waals surface area contributed by atoms with Gasteiger partial charge in [-0.1, -0.05) is 37.3 Å². The normalized spacial score (nSPS) is 10.4. The Balaban J connectivity index is 1.93. The summed E-state index contributed by atoms with van der Waals surface area (Å²) in [5, 5.41) is 0. The zero-order valence-corrected chi connectivity index (χ0v) is 12.2. The summed E-state index contributed by atoms with van der Waals surface area (Å²) in [5.74, 6) is -0.181. The molecule has 0 aliphatic heterocycles. The molecule has 0 unspecified atom stereocenters. The van der Waals surface area contributed by atoms with Crippen molar-refractivity contribution in [2.45, 2.75) is 32.8 Å². The van der Waals surface area contributed by atoms with E-state index in [0.717, 1.165) is 18.6 Å². The number of carbonyl (C=O) groups excluding carboxylic acids is 1. The predicted octanol–water partition coefficient (Wildman–Crippen LogP) is 2.95. The first kappa shape index (κ1) is 16.7. The van der Waals surface area contributed by atoms with Crippen LogP contribution in [0.3, 0.4) is 0 Å². The maximum absolute atomic E-state index is 11.5. The number of rotatable bonds is 11. The Morgan fingerprint density at radius 1 is 1.00 bits per heavy atom. The molecule has 0 spiro atoms. The third kappa shape index (κ3) is 8.67. The standard InChI is InChI=1S/C16H24O4/c1-2-10-18-12-13-19-11-6-9-16(17)20-14-15-7-4-3-5-8-15/h3-5,7-8H,2,6,9-14H2,1H3. The van der Waals surface area contributed by atoms with E-state index in [1.807, 2.05) is 30.3 Å². The summed E-state index contributed by atoms with van der Waals surface area (Å²) in [6, 6.07) is 9.67. The molecule has 4 nitrogen and oxygen atoms in total. The van der Waals surface area contributed by atoms with Crippen LogP contribution >= 0.6 is 0 Å². The predicted molar refractivity (Wildman–Crippen MR) is 77.4 cm³/mol. The van der Waals surface area contributed by atoms with Crippen LogP contribution < -0.4 is 0 Å². The molecule has 112 valence electrons. The van der Waals surface area contributed by atoms with E-state index < -0.39 is 0 Å². The molecule has 0 heterocycles. The molecule has 0 aliphatic carbocycles. The fraction of sp³-hybridized carbons (Fsp3) is 0.562. The van der Waals surface area contributed by atoms with E-state index in [0.29, 0.717) is 39.3 Å². The highest BCUT2D eigenvalue weighted by Crippen LogP contribution is 2.02. The highest BCUT2D eigenvalue weighted by Gasteiger charge is 2.03. The van der Waals surface area contributed by atoms with Crippen LogP contribution in [0, 0.1) is 0 Å². The molecule has 1 aromatic carbocycles. The average molecular weight is 280 g/mol. The van der Waals surface area contributed by atoms with Crippen molar-refractivity contribution >= 4 is 5.97 Å². The molecule has 0 bridgehead atoms. The van der Waals surface area contributed by atoms with Crippen LogP contribution in [-0.4, -0.2) is 32.4 Å². The van der Waals surface area contributed by atoms with E-state index in [2.05, 4.69) is 6.92 Å². The molecule has 0 radical (unpaired) electrons. The van der Waals surface area contributed by atoms with Crippen LogP contribution in [-0.2, 0) is 25.6 Å². The van der Waals surface area contributed by atoms with E-state index in [1.54, 1.807) is 0 Å². The van der Waals surface area contributed by atoms with Crippen LogP contribution in [0.5, 0.6) is 0 Å². The lowest BCUT2D eigenvalue weighted by Gasteiger charge is -2.06. The molecule has 4 heteroatoms. The number of ether oxygens (including phenoxy) is 3. The van der Waals surface area contributed by atoms with Crippen molar-refractivity contribution in [1.82, 2.24) is 0 Å². The van der Waals surface area contributed by atoms with Crippen molar-refractivity contribution in [2.75, 3.05) is 26.4 Å². The summed E-state index contributed by atoms with van der Waals surface area (Å²) in [6.45, 7) is 4.95. The number of benzene rings is 1. The van der Waals surface area contributed by atoms with Gasteiger partial charge in [0.05, 0.1) is 13.2 Å². The second kappa shape index (κ2) is 11.4. The summed E-state index contributed by atoms with van der Waals surface area (Å²) in [5.41, 5.74) is 1.00. The average Bonchev–Trinajstić information content (AvgIpc) is 2.49. The van der Waals surface area contributed by atoms with Gasteiger partial charge in [-0.05, 0) is 18.4 Å². The largest absolute Gasteiger partial charge is 0.461 e. The molecule has 0 saturated carbocycles. The zero-order chi connectivity index (χ0) is 14.5. The van der Waals surface area contributed by atoms with Gasteiger partial charge in [0.15, 0.2) is 0 Å². The molecular formula is C16H24O4. The van der Waals surface area contributed by atoms with Gasteiger partial charge in [-0.2, -0.15) is 0 Å². The van der Waals surface area contributed by atoms with Gasteiger partial charge in [-0.25, -0.2) is 0 Å². The summed E-state index contributed by atoms with van der Waals surface area (Å²) < 4.78 is 15.8. The van der Waals surface area contributed by atoms with E-state index in [4.69, 9.17) is 14.2 Å². The van der Waals surface area contributed by atoms with Crippen LogP contribution in [0.25, 0.3) is 0 Å². The molecule has 0 aromatic heterocycles. The number of hydrogen-bond acceptors (Lipinski definition) is 4. The molecule has 0 saturated heterocycles. The number of hydrogen-bond donors (Lipinski definition) is 0. The van der Waals surface area contributed by atoms with Crippen molar-refractivity contribution < 1.29 is 19.0 Å². The molecular weight excluding hydrogens is 256 g/mol. The van der Waals surface area contributed by atoms with Crippen LogP contribution in [0.4, 0.5) is 0 Å². The van der Waals surface area contributed by atoms with E-state index in [1.165, 1.54) is 0 Å². The highest BCUT2D eigenvalue weighted by molar-refractivity contribution is 5.69. The minimum Gasteiger partial charge on any atom is -0.461 e. The fourth-order valence-corrected chi connectivity index (χ4v) is 1.60. The van der Waals surface area contributed by atoms with Gasteiger partial charge >= 0.3 is 5.97 Å². The molecule has 0 fully saturated rings. The van der Waals surface area contributed by atoms with Crippen molar-refractivity contribution in [3.8, 4) is 0 Å². The van der Waals surface area contributed by atoms with Gasteiger partial charge in [-0.15, -0.1) is 0 Å². The lowest BCUT2D eigenvalue weighted by Crippen LogP contribution is -2.08. The van der Waals surface area contributed by atoms with Gasteiger partial charge in [0.1, 0.15) is 6.61 Å². The maximum Gasteiger partial charge on any atom is 0.306 e. The number of carbonyl (C=O) groups is 1. The Morgan fingerprint density at radius 2 is 1.70 bits per heavy atom. The van der Waals surface area contributed by atoms with Crippen molar-refractivity contribution in [2.24, 2.45) is 0 Å². The molecule has 0 N–H and O–H groups in total. The summed E-state index contributed by atoms with van der Waals surface area (Å²) in [4.78, 5) is 11.5. The van der Waals surface area contributed by atoms with Gasteiger partial charge < -0.3 is 14.2 Å². The third-order valence-corrected chi connectivity index (χ3v) is 2.63. The van der Waals surface area contributed by atoms with Crippen molar-refractivity contribution in [3.05, 3.63) is 35.9 Å². The van der Waals surface area contributed by atoms with Gasteiger partial charge in [-0.3, -0.25) is 4.79 Å². The molecule has 0 amide bonds. The lowest BCUT2D eigenvalue weighted by molar-refractivity contribution is -0.145. The van der Waals surface area contributed by atoms with Crippen molar-refractivity contribution in [3.63, 3.8) is 0 Å². The quantitative estimate of drug-likeness (QED) is 0.462. The topological polar surface area (TPSA) is 44.8 Å². The SMILES string of the molecule is CCCOCCOCCCC(=O)OCc1ccccc1. The van der Waals surface area contributed by atoms with Crippen LogP contribution in [0.2, 0.25) is 0 Å². The summed E-state index contributed by atoms with van der Waals surface area (Å²) in [6.07, 6.45) is 2.09. The molecule has 0 aliphatic rings. The second-order valence-corrected chi connectivity index (χ2v) is 4.47. The summed E-state index contributed by atoms with van der Waals surface area (Å²) in [7, 11) is 0. The van der Waals surface area contributed by atoms with Gasteiger partial charge in [0.25, 0.3) is 0 Å². The third-order valence-electron chi connectivity index (χ3n) is 2.63. The maximum atomic E-state index is 11.5. The monoisotopic (exact) mass is 280 g/mol. The van der Waals surface area contributed by atoms with E-state index >= 15 is 0 Å². The highest BCUT2D eigenvalue weighted by atomic mass is 16.5. The zero-order valence-electron chi connectivity index (χ0n) is 12.2. The Labute approximate surface area is 121 Å². The van der Waals surface area contributed by atoms with Crippen LogP contribution in [0.1, 0.15) is 31.7 Å². The first-order valence-electron chi connectivity index (χ1n) is 7.18. The smallest absolute Gasteiger partial charge is 0.306 e. The molecule has 1 rings (SSSR count). The fourth-order valence-electron chi connectivity index (χ4n) is 1.60.